The standard InChI is InChI=1S/C20H29N7O4/c1-26(12-16(21)28)19(30)17-14(25-20(31)24-13-5-3-2-4-6-13)7-10-27(17)18(29)15-11-22-8-9-23-15/h8-9,11,13-14,17H,2-7,10,12H2,1H3,(H2,21,28)(H2,24,25,31). The number of urea groups is 1. The van der Waals surface area contributed by atoms with Gasteiger partial charge in [0.2, 0.25) is 11.8 Å². The Bertz CT molecular complexity index is 813. The molecule has 1 aliphatic heterocycles. The molecule has 2 fully saturated rings. The van der Waals surface area contributed by atoms with Crippen LogP contribution in [0.2, 0.25) is 0 Å². The van der Waals surface area contributed by atoms with E-state index in [2.05, 4.69) is 20.6 Å². The molecule has 1 aromatic heterocycles. The minimum Gasteiger partial charge on any atom is -0.368 e. The Labute approximate surface area is 180 Å². The minimum absolute atomic E-state index is 0.102. The second-order valence-electron chi connectivity index (χ2n) is 8.04. The highest BCUT2D eigenvalue weighted by Crippen LogP contribution is 2.23. The Morgan fingerprint density at radius 2 is 1.87 bits per heavy atom. The molecular weight excluding hydrogens is 402 g/mol. The van der Waals surface area contributed by atoms with E-state index in [-0.39, 0.29) is 30.9 Å². The molecule has 0 spiro atoms. The summed E-state index contributed by atoms with van der Waals surface area (Å²) >= 11 is 0. The number of nitrogens with two attached hydrogens (primary N) is 1. The summed E-state index contributed by atoms with van der Waals surface area (Å²) in [5, 5.41) is 5.83. The first-order valence-electron chi connectivity index (χ1n) is 10.5. The van der Waals surface area contributed by atoms with Crippen LogP contribution in [-0.4, -0.2) is 81.8 Å². The molecule has 1 aromatic rings. The van der Waals surface area contributed by atoms with E-state index >= 15 is 0 Å². The Hall–Kier alpha value is -3.24. The van der Waals surface area contributed by atoms with Gasteiger partial charge < -0.3 is 26.2 Å². The van der Waals surface area contributed by atoms with E-state index < -0.39 is 29.8 Å². The number of nitrogens with zero attached hydrogens (tertiary/aromatic N) is 4. The molecule has 3 rings (SSSR count). The highest BCUT2D eigenvalue weighted by atomic mass is 16.2. The lowest BCUT2D eigenvalue weighted by atomic mass is 9.96. The van der Waals surface area contributed by atoms with Gasteiger partial charge in [0, 0.05) is 32.0 Å². The van der Waals surface area contributed by atoms with Crippen molar-refractivity contribution in [1.29, 1.82) is 0 Å². The first kappa shape index (κ1) is 22.4. The number of aromatic nitrogens is 2. The van der Waals surface area contributed by atoms with E-state index in [0.717, 1.165) is 25.7 Å². The highest BCUT2D eigenvalue weighted by Gasteiger charge is 2.44. The van der Waals surface area contributed by atoms with Gasteiger partial charge in [0.25, 0.3) is 5.91 Å². The van der Waals surface area contributed by atoms with Crippen LogP contribution in [0.5, 0.6) is 0 Å². The average molecular weight is 431 g/mol. The monoisotopic (exact) mass is 431 g/mol. The number of hydrogen-bond donors (Lipinski definition) is 3. The molecule has 2 unspecified atom stereocenters. The summed E-state index contributed by atoms with van der Waals surface area (Å²) in [6, 6.07) is -1.83. The number of carbonyl (C=O) groups is 4. The van der Waals surface area contributed by atoms with Crippen molar-refractivity contribution in [3.63, 3.8) is 0 Å². The largest absolute Gasteiger partial charge is 0.368 e. The van der Waals surface area contributed by atoms with Crippen molar-refractivity contribution in [2.75, 3.05) is 20.1 Å². The fourth-order valence-corrected chi connectivity index (χ4v) is 4.21. The maximum Gasteiger partial charge on any atom is 0.315 e. The number of nitrogens with one attached hydrogen (secondary N) is 2. The van der Waals surface area contributed by atoms with Crippen LogP contribution < -0.4 is 16.4 Å². The van der Waals surface area contributed by atoms with Gasteiger partial charge >= 0.3 is 6.03 Å². The Morgan fingerprint density at radius 1 is 1.13 bits per heavy atom. The zero-order chi connectivity index (χ0) is 22.4. The maximum atomic E-state index is 13.1. The molecular formula is C20H29N7O4. The molecule has 11 heteroatoms. The summed E-state index contributed by atoms with van der Waals surface area (Å²) in [5.41, 5.74) is 5.33. The predicted octanol–water partition coefficient (Wildman–Crippen LogP) is -0.365. The van der Waals surface area contributed by atoms with Gasteiger partial charge in [0.15, 0.2) is 0 Å². The molecule has 4 N–H and O–H groups in total. The zero-order valence-electron chi connectivity index (χ0n) is 17.6. The van der Waals surface area contributed by atoms with Crippen LogP contribution in [0, 0.1) is 0 Å². The molecule has 2 heterocycles. The van der Waals surface area contributed by atoms with E-state index in [1.807, 2.05) is 0 Å². The molecule has 0 radical (unpaired) electrons. The van der Waals surface area contributed by atoms with Gasteiger partial charge in [-0.05, 0) is 19.3 Å². The summed E-state index contributed by atoms with van der Waals surface area (Å²) in [4.78, 5) is 60.5. The molecule has 0 aromatic carbocycles. The first-order chi connectivity index (χ1) is 14.9. The van der Waals surface area contributed by atoms with Crippen molar-refractivity contribution >= 4 is 23.8 Å². The van der Waals surface area contributed by atoms with Gasteiger partial charge in [-0.15, -0.1) is 0 Å². The Kier molecular flexibility index (Phi) is 7.37. The van der Waals surface area contributed by atoms with E-state index in [1.54, 1.807) is 0 Å². The van der Waals surface area contributed by atoms with Crippen LogP contribution in [0.15, 0.2) is 18.6 Å². The number of amides is 5. The van der Waals surface area contributed by atoms with Crippen molar-refractivity contribution in [1.82, 2.24) is 30.4 Å². The molecule has 11 nitrogen and oxygen atoms in total. The highest BCUT2D eigenvalue weighted by molar-refractivity contribution is 5.97. The maximum absolute atomic E-state index is 13.1. The van der Waals surface area contributed by atoms with Gasteiger partial charge in [0.05, 0.1) is 18.8 Å². The van der Waals surface area contributed by atoms with Gasteiger partial charge in [-0.25, -0.2) is 9.78 Å². The number of primary amides is 1. The van der Waals surface area contributed by atoms with Crippen molar-refractivity contribution in [2.45, 2.75) is 56.7 Å². The molecule has 1 saturated heterocycles. The van der Waals surface area contributed by atoms with Crippen LogP contribution >= 0.6 is 0 Å². The summed E-state index contributed by atoms with van der Waals surface area (Å²) in [6.45, 7) is -0.0336. The Morgan fingerprint density at radius 3 is 2.52 bits per heavy atom. The molecule has 5 amide bonds. The van der Waals surface area contributed by atoms with Crippen LogP contribution in [0.25, 0.3) is 0 Å². The lowest BCUT2D eigenvalue weighted by molar-refractivity contribution is -0.137. The molecule has 31 heavy (non-hydrogen) atoms. The van der Waals surface area contributed by atoms with E-state index in [9.17, 15) is 19.2 Å². The van der Waals surface area contributed by atoms with E-state index in [4.69, 9.17) is 5.73 Å². The van der Waals surface area contributed by atoms with Gasteiger partial charge in [-0.3, -0.25) is 19.4 Å². The smallest absolute Gasteiger partial charge is 0.315 e. The van der Waals surface area contributed by atoms with Crippen molar-refractivity contribution in [3.8, 4) is 0 Å². The summed E-state index contributed by atoms with van der Waals surface area (Å²) < 4.78 is 0. The molecule has 168 valence electrons. The summed E-state index contributed by atoms with van der Waals surface area (Å²) in [7, 11) is 1.44. The van der Waals surface area contributed by atoms with Crippen molar-refractivity contribution in [2.24, 2.45) is 5.73 Å². The third kappa shape index (κ3) is 5.68. The van der Waals surface area contributed by atoms with Gasteiger partial charge in [0.1, 0.15) is 11.7 Å². The quantitative estimate of drug-likeness (QED) is 0.559. The van der Waals surface area contributed by atoms with E-state index in [0.29, 0.717) is 6.42 Å². The number of likely N-dealkylation sites (N-methyl/N-ethyl adjacent to an activating group) is 1. The number of rotatable bonds is 6. The summed E-state index contributed by atoms with van der Waals surface area (Å²) in [6.07, 6.45) is 9.75. The zero-order valence-corrected chi connectivity index (χ0v) is 17.6. The molecule has 1 aliphatic carbocycles. The number of likely N-dealkylation sites (tertiary alicyclic amines) is 1. The normalized spacial score (nSPS) is 21.4. The van der Waals surface area contributed by atoms with Gasteiger partial charge in [-0.2, -0.15) is 0 Å². The molecule has 0 bridgehead atoms. The van der Waals surface area contributed by atoms with Crippen molar-refractivity contribution < 1.29 is 19.2 Å². The van der Waals surface area contributed by atoms with Crippen LogP contribution in [-0.2, 0) is 9.59 Å². The second-order valence-corrected chi connectivity index (χ2v) is 8.04. The SMILES string of the molecule is CN(CC(N)=O)C(=O)C1C(NC(=O)NC2CCCCC2)CCN1C(=O)c1cnccn1. The van der Waals surface area contributed by atoms with Crippen LogP contribution in [0.3, 0.4) is 0 Å². The first-order valence-corrected chi connectivity index (χ1v) is 10.5. The summed E-state index contributed by atoms with van der Waals surface area (Å²) in [5.74, 6) is -1.60. The Balaban J connectivity index is 1.75. The average Bonchev–Trinajstić information content (AvgIpc) is 3.16. The topological polar surface area (TPSA) is 151 Å². The lowest BCUT2D eigenvalue weighted by Gasteiger charge is -2.31. The molecule has 1 saturated carbocycles. The predicted molar refractivity (Wildman–Crippen MR) is 111 cm³/mol. The van der Waals surface area contributed by atoms with Crippen LogP contribution in [0.1, 0.15) is 49.0 Å². The molecule has 2 atom stereocenters. The van der Waals surface area contributed by atoms with Crippen molar-refractivity contribution in [3.05, 3.63) is 24.3 Å². The minimum atomic E-state index is -0.976. The van der Waals surface area contributed by atoms with Gasteiger partial charge in [-0.1, -0.05) is 19.3 Å². The van der Waals surface area contributed by atoms with Crippen LogP contribution in [0.4, 0.5) is 4.79 Å². The third-order valence-electron chi connectivity index (χ3n) is 5.72. The number of hydrogen-bond acceptors (Lipinski definition) is 6. The third-order valence-corrected chi connectivity index (χ3v) is 5.72. The van der Waals surface area contributed by atoms with E-state index in [1.165, 1.54) is 41.9 Å². The fourth-order valence-electron chi connectivity index (χ4n) is 4.21. The number of carbonyl (C=O) groups excluding carboxylic acids is 4. The molecule has 2 aliphatic rings. The fraction of sp³-hybridized carbons (Fsp3) is 0.600. The lowest BCUT2D eigenvalue weighted by Crippen LogP contribution is -2.57. The second kappa shape index (κ2) is 10.2.